The first-order chi connectivity index (χ1) is 21.5. The second-order valence-electron chi connectivity index (χ2n) is 10.3. The molecule has 0 aliphatic carbocycles. The fourth-order valence-electron chi connectivity index (χ4n) is 4.85. The van der Waals surface area contributed by atoms with Crippen LogP contribution in [-0.4, -0.2) is 55.6 Å². The van der Waals surface area contributed by atoms with Gasteiger partial charge in [0.15, 0.2) is 0 Å². The van der Waals surface area contributed by atoms with E-state index in [9.17, 15) is 43.9 Å². The van der Waals surface area contributed by atoms with Gasteiger partial charge in [-0.15, -0.1) is 0 Å². The van der Waals surface area contributed by atoms with Crippen molar-refractivity contribution in [1.82, 2.24) is 34.5 Å². The van der Waals surface area contributed by atoms with Crippen LogP contribution >= 0.6 is 0 Å². The maximum Gasteiger partial charge on any atom is 0.451 e. The SMILES string of the molecule is C[C@H]1CC[C@@H](C(=O)NCc2cc(-c3cnc(C(F)(F)F)nc3)nc(-c3cnc(C(F)(F)F)nc3)c2)N1S(=O)(=O)c1ccc(F)cc1. The number of rotatable bonds is 7. The van der Waals surface area contributed by atoms with Crippen LogP contribution in [0.3, 0.4) is 0 Å². The van der Waals surface area contributed by atoms with Crippen LogP contribution in [0, 0.1) is 5.82 Å². The molecule has 18 heteroatoms. The van der Waals surface area contributed by atoms with Gasteiger partial charge in [0.2, 0.25) is 27.6 Å². The average molecular weight is 670 g/mol. The minimum Gasteiger partial charge on any atom is -0.351 e. The minimum atomic E-state index is -4.81. The van der Waals surface area contributed by atoms with Crippen molar-refractivity contribution in [3.63, 3.8) is 0 Å². The Morgan fingerprint density at radius 1 is 0.848 bits per heavy atom. The molecule has 242 valence electrons. The molecule has 0 saturated carbocycles. The van der Waals surface area contributed by atoms with Crippen LogP contribution in [0.2, 0.25) is 0 Å². The van der Waals surface area contributed by atoms with Crippen LogP contribution in [-0.2, 0) is 33.7 Å². The second kappa shape index (κ2) is 12.3. The summed E-state index contributed by atoms with van der Waals surface area (Å²) >= 11 is 0. The first-order valence-corrected chi connectivity index (χ1v) is 14.8. The third kappa shape index (κ3) is 6.96. The zero-order valence-electron chi connectivity index (χ0n) is 23.5. The lowest BCUT2D eigenvalue weighted by Crippen LogP contribution is -2.48. The molecule has 46 heavy (non-hydrogen) atoms. The van der Waals surface area contributed by atoms with Crippen LogP contribution in [0.1, 0.15) is 37.0 Å². The Balaban J connectivity index is 1.44. The smallest absolute Gasteiger partial charge is 0.351 e. The molecule has 3 aromatic heterocycles. The summed E-state index contributed by atoms with van der Waals surface area (Å²) in [7, 11) is -4.19. The zero-order chi connectivity index (χ0) is 33.4. The third-order valence-corrected chi connectivity index (χ3v) is 9.08. The molecule has 4 aromatic rings. The number of benzene rings is 1. The molecule has 0 unspecified atom stereocenters. The summed E-state index contributed by atoms with van der Waals surface area (Å²) in [4.78, 5) is 30.7. The first-order valence-electron chi connectivity index (χ1n) is 13.4. The number of nitrogens with zero attached hydrogens (tertiary/aromatic N) is 6. The van der Waals surface area contributed by atoms with Gasteiger partial charge in [0.05, 0.1) is 16.3 Å². The van der Waals surface area contributed by atoms with Gasteiger partial charge < -0.3 is 5.32 Å². The van der Waals surface area contributed by atoms with Crippen molar-refractivity contribution < 1.29 is 43.9 Å². The number of pyridine rings is 1. The van der Waals surface area contributed by atoms with Gasteiger partial charge in [-0.25, -0.2) is 37.7 Å². The summed E-state index contributed by atoms with van der Waals surface area (Å²) < 4.78 is 119. The molecule has 10 nitrogen and oxygen atoms in total. The topological polar surface area (TPSA) is 131 Å². The Bertz CT molecular complexity index is 1760. The number of carbonyl (C=O) groups excluding carboxylic acids is 1. The van der Waals surface area contributed by atoms with E-state index in [1.54, 1.807) is 6.92 Å². The number of aromatic nitrogens is 5. The number of amides is 1. The third-order valence-electron chi connectivity index (χ3n) is 7.05. The summed E-state index contributed by atoms with van der Waals surface area (Å²) in [5, 5.41) is 2.65. The van der Waals surface area contributed by atoms with Gasteiger partial charge in [0.1, 0.15) is 11.9 Å². The van der Waals surface area contributed by atoms with Gasteiger partial charge >= 0.3 is 12.4 Å². The van der Waals surface area contributed by atoms with Crippen molar-refractivity contribution in [3.05, 3.63) is 84.2 Å². The molecule has 1 saturated heterocycles. The van der Waals surface area contributed by atoms with E-state index in [0.717, 1.165) is 53.4 Å². The van der Waals surface area contributed by atoms with Crippen LogP contribution in [0.25, 0.3) is 22.5 Å². The lowest BCUT2D eigenvalue weighted by atomic mass is 10.1. The fourth-order valence-corrected chi connectivity index (χ4v) is 6.68. The highest BCUT2D eigenvalue weighted by Gasteiger charge is 2.43. The summed E-state index contributed by atoms with van der Waals surface area (Å²) in [6.45, 7) is 1.40. The molecule has 1 aliphatic rings. The Morgan fingerprint density at radius 2 is 1.33 bits per heavy atom. The summed E-state index contributed by atoms with van der Waals surface area (Å²) in [5.74, 6) is -4.10. The number of hydrogen-bond acceptors (Lipinski definition) is 8. The van der Waals surface area contributed by atoms with Crippen molar-refractivity contribution in [2.45, 2.75) is 55.6 Å². The van der Waals surface area contributed by atoms with Gasteiger partial charge in [-0.1, -0.05) is 0 Å². The van der Waals surface area contributed by atoms with Gasteiger partial charge in [-0.3, -0.25) is 4.79 Å². The highest BCUT2D eigenvalue weighted by atomic mass is 32.2. The molecule has 0 spiro atoms. The van der Waals surface area contributed by atoms with Crippen LogP contribution in [0.5, 0.6) is 0 Å². The standard InChI is InChI=1S/C28H22F7N7O3S/c1-15-2-7-23(42(15)46(44,45)20-5-3-19(29)4-6-20)24(43)36-10-16-8-21(17-11-37-25(38-12-17)27(30,31)32)41-22(9-16)18-13-39-26(40-14-18)28(33,34)35/h3-6,8-9,11-15,23H,2,7,10H2,1H3,(H,36,43)/t15-,23-/m0/s1. The molecular weight excluding hydrogens is 647 g/mol. The molecule has 2 atom stereocenters. The summed E-state index contributed by atoms with van der Waals surface area (Å²) in [6, 6.07) is 5.30. The molecule has 4 heterocycles. The van der Waals surface area contributed by atoms with E-state index < -0.39 is 57.8 Å². The molecule has 1 aromatic carbocycles. The zero-order valence-corrected chi connectivity index (χ0v) is 24.3. The minimum absolute atomic E-state index is 0.0189. The van der Waals surface area contributed by atoms with Crippen molar-refractivity contribution in [1.29, 1.82) is 0 Å². The number of carbonyl (C=O) groups is 1. The van der Waals surface area contributed by atoms with Gasteiger partial charge in [-0.05, 0) is 61.7 Å². The fraction of sp³-hybridized carbons (Fsp3) is 0.286. The van der Waals surface area contributed by atoms with E-state index in [1.807, 2.05) is 0 Å². The van der Waals surface area contributed by atoms with E-state index >= 15 is 0 Å². The predicted molar refractivity (Wildman–Crippen MR) is 146 cm³/mol. The maximum absolute atomic E-state index is 13.4. The summed E-state index contributed by atoms with van der Waals surface area (Å²) in [5.41, 5.74) is 0.385. The van der Waals surface area contributed by atoms with Gasteiger partial charge in [-0.2, -0.15) is 30.6 Å². The number of halogens is 7. The Kier molecular flexibility index (Phi) is 8.78. The van der Waals surface area contributed by atoms with Gasteiger partial charge in [0.25, 0.3) is 0 Å². The normalized spacial score (nSPS) is 17.7. The lowest BCUT2D eigenvalue weighted by Gasteiger charge is -2.27. The molecular formula is C28H22F7N7O3S. The maximum atomic E-state index is 13.4. The molecule has 0 bridgehead atoms. The van der Waals surface area contributed by atoms with Crippen LogP contribution in [0.15, 0.2) is 66.1 Å². The Morgan fingerprint density at radius 3 is 1.78 bits per heavy atom. The molecule has 1 fully saturated rings. The molecule has 5 rings (SSSR count). The van der Waals surface area contributed by atoms with Gasteiger partial charge in [0, 0.05) is 48.5 Å². The Labute approximate surface area is 256 Å². The molecule has 1 aliphatic heterocycles. The molecule has 1 amide bonds. The van der Waals surface area contributed by atoms with Crippen molar-refractivity contribution in [2.75, 3.05) is 0 Å². The van der Waals surface area contributed by atoms with E-state index in [-0.39, 0.29) is 40.4 Å². The number of sulfonamides is 1. The second-order valence-corrected chi connectivity index (χ2v) is 12.1. The largest absolute Gasteiger partial charge is 0.451 e. The van der Waals surface area contributed by atoms with Crippen molar-refractivity contribution in [2.24, 2.45) is 0 Å². The van der Waals surface area contributed by atoms with Crippen molar-refractivity contribution in [3.8, 4) is 22.5 Å². The average Bonchev–Trinajstić information content (AvgIpc) is 3.41. The van der Waals surface area contributed by atoms with Crippen LogP contribution in [0.4, 0.5) is 30.7 Å². The number of alkyl halides is 6. The first kappa shape index (κ1) is 32.8. The predicted octanol–water partition coefficient (Wildman–Crippen LogP) is 5.03. The highest BCUT2D eigenvalue weighted by molar-refractivity contribution is 7.89. The van der Waals surface area contributed by atoms with Crippen LogP contribution < -0.4 is 5.32 Å². The van der Waals surface area contributed by atoms with E-state index in [0.29, 0.717) is 12.0 Å². The highest BCUT2D eigenvalue weighted by Crippen LogP contribution is 2.32. The van der Waals surface area contributed by atoms with Crippen molar-refractivity contribution >= 4 is 15.9 Å². The molecule has 0 radical (unpaired) electrons. The Hall–Kier alpha value is -4.58. The monoisotopic (exact) mass is 669 g/mol. The van der Waals surface area contributed by atoms with E-state index in [2.05, 4.69) is 30.2 Å². The quantitative estimate of drug-likeness (QED) is 0.271. The lowest BCUT2D eigenvalue weighted by molar-refractivity contribution is -0.145. The molecule has 1 N–H and O–H groups in total. The van der Waals surface area contributed by atoms with E-state index in [4.69, 9.17) is 0 Å². The number of hydrogen-bond donors (Lipinski definition) is 1. The van der Waals surface area contributed by atoms with E-state index in [1.165, 1.54) is 12.1 Å². The summed E-state index contributed by atoms with van der Waals surface area (Å²) in [6.07, 6.45) is -5.60. The number of nitrogens with one attached hydrogen (secondary N) is 1.